The van der Waals surface area contributed by atoms with E-state index in [0.717, 1.165) is 0 Å². The predicted molar refractivity (Wildman–Crippen MR) is 63.3 cm³/mol. The minimum atomic E-state index is -0.901. The topological polar surface area (TPSA) is 66.4 Å². The van der Waals surface area contributed by atoms with Crippen molar-refractivity contribution in [3.05, 3.63) is 34.1 Å². The molecular weight excluding hydrogens is 293 g/mol. The molecule has 0 aliphatic heterocycles. The Kier molecular flexibility index (Phi) is 5.09. The van der Waals surface area contributed by atoms with Crippen LogP contribution in [0.4, 0.5) is 4.39 Å². The lowest BCUT2D eigenvalue weighted by Crippen LogP contribution is -2.25. The van der Waals surface area contributed by atoms with E-state index in [9.17, 15) is 14.0 Å². The number of rotatable bonds is 5. The van der Waals surface area contributed by atoms with E-state index in [0.29, 0.717) is 16.5 Å². The molecule has 0 bridgehead atoms. The molecule has 4 nitrogen and oxygen atoms in total. The van der Waals surface area contributed by atoms with E-state index in [-0.39, 0.29) is 18.9 Å². The van der Waals surface area contributed by atoms with Crippen LogP contribution in [0.25, 0.3) is 0 Å². The first-order chi connectivity index (χ1) is 8.00. The molecule has 6 heteroatoms. The molecule has 2 N–H and O–H groups in total. The Morgan fingerprint density at radius 2 is 2.12 bits per heavy atom. The van der Waals surface area contributed by atoms with Crippen LogP contribution in [0, 0.1) is 5.82 Å². The molecule has 1 aromatic rings. The van der Waals surface area contributed by atoms with Crippen molar-refractivity contribution in [1.82, 2.24) is 5.32 Å². The second-order valence-electron chi connectivity index (χ2n) is 3.38. The van der Waals surface area contributed by atoms with Gasteiger partial charge in [0.25, 0.3) is 5.91 Å². The summed E-state index contributed by atoms with van der Waals surface area (Å²) in [6.07, 6.45) is 0.366. The molecule has 0 saturated carbocycles. The molecule has 0 aromatic heterocycles. The average molecular weight is 304 g/mol. The van der Waals surface area contributed by atoms with Crippen molar-refractivity contribution in [2.75, 3.05) is 6.54 Å². The van der Waals surface area contributed by atoms with Gasteiger partial charge < -0.3 is 10.4 Å². The van der Waals surface area contributed by atoms with Crippen LogP contribution in [0.3, 0.4) is 0 Å². The normalized spacial score (nSPS) is 10.0. The molecule has 0 aliphatic rings. The Hall–Kier alpha value is -1.43. The van der Waals surface area contributed by atoms with E-state index >= 15 is 0 Å². The van der Waals surface area contributed by atoms with Crippen LogP contribution in [0.5, 0.6) is 0 Å². The summed E-state index contributed by atoms with van der Waals surface area (Å²) in [6.45, 7) is 0.273. The monoisotopic (exact) mass is 303 g/mol. The lowest BCUT2D eigenvalue weighted by Gasteiger charge is -2.06. The molecule has 0 fully saturated rings. The van der Waals surface area contributed by atoms with Gasteiger partial charge in [0.15, 0.2) is 0 Å². The van der Waals surface area contributed by atoms with E-state index in [1.165, 1.54) is 18.2 Å². The van der Waals surface area contributed by atoms with E-state index in [4.69, 9.17) is 5.11 Å². The molecule has 1 aromatic carbocycles. The second kappa shape index (κ2) is 6.34. The van der Waals surface area contributed by atoms with Gasteiger partial charge in [-0.2, -0.15) is 0 Å². The maximum Gasteiger partial charge on any atom is 0.303 e. The molecule has 1 amide bonds. The molecule has 0 saturated heterocycles. The molecule has 0 aliphatic carbocycles. The summed E-state index contributed by atoms with van der Waals surface area (Å²) in [6, 6.07) is 3.76. The molecule has 1 rings (SSSR count). The highest BCUT2D eigenvalue weighted by Gasteiger charge is 2.10. The molecule has 0 spiro atoms. The number of carboxylic acid groups (broad SMARTS) is 1. The number of aliphatic carboxylic acids is 1. The van der Waals surface area contributed by atoms with Crippen molar-refractivity contribution in [2.45, 2.75) is 12.8 Å². The Morgan fingerprint density at radius 1 is 1.41 bits per heavy atom. The summed E-state index contributed by atoms with van der Waals surface area (Å²) < 4.78 is 13.1. The molecule has 17 heavy (non-hydrogen) atoms. The Balaban J connectivity index is 2.50. The zero-order valence-electron chi connectivity index (χ0n) is 8.87. The number of hydrogen-bond donors (Lipinski definition) is 2. The van der Waals surface area contributed by atoms with Crippen molar-refractivity contribution in [3.63, 3.8) is 0 Å². The number of hydrogen-bond acceptors (Lipinski definition) is 2. The minimum Gasteiger partial charge on any atom is -0.481 e. The van der Waals surface area contributed by atoms with Gasteiger partial charge in [-0.15, -0.1) is 0 Å². The van der Waals surface area contributed by atoms with Crippen molar-refractivity contribution in [1.29, 1.82) is 0 Å². The standard InChI is InChI=1S/C11H11BrFNO3/c12-9-6-7(13)3-4-8(9)11(17)14-5-1-2-10(15)16/h3-4,6H,1-2,5H2,(H,14,17)(H,15,16). The number of carbonyl (C=O) groups is 2. The lowest BCUT2D eigenvalue weighted by atomic mass is 10.2. The first-order valence-corrected chi connectivity index (χ1v) is 5.75. The van der Waals surface area contributed by atoms with E-state index in [1.807, 2.05) is 0 Å². The minimum absolute atomic E-state index is 0.00483. The van der Waals surface area contributed by atoms with Crippen LogP contribution < -0.4 is 5.32 Å². The number of carbonyl (C=O) groups excluding carboxylic acids is 1. The van der Waals surface area contributed by atoms with Gasteiger partial charge >= 0.3 is 5.97 Å². The zero-order chi connectivity index (χ0) is 12.8. The number of benzene rings is 1. The van der Waals surface area contributed by atoms with Gasteiger partial charge in [0.2, 0.25) is 0 Å². The van der Waals surface area contributed by atoms with Crippen molar-refractivity contribution in [3.8, 4) is 0 Å². The molecule has 0 radical (unpaired) electrons. The number of nitrogens with one attached hydrogen (secondary N) is 1. The van der Waals surface area contributed by atoms with Gasteiger partial charge in [-0.3, -0.25) is 9.59 Å². The third-order valence-electron chi connectivity index (χ3n) is 2.03. The zero-order valence-corrected chi connectivity index (χ0v) is 10.5. The number of amides is 1. The van der Waals surface area contributed by atoms with Gasteiger partial charge in [-0.25, -0.2) is 4.39 Å². The SMILES string of the molecule is O=C(O)CCCNC(=O)c1ccc(F)cc1Br. The van der Waals surface area contributed by atoms with Crippen LogP contribution in [0.2, 0.25) is 0 Å². The summed E-state index contributed by atoms with van der Waals surface area (Å²) >= 11 is 3.08. The highest BCUT2D eigenvalue weighted by molar-refractivity contribution is 9.10. The summed E-state index contributed by atoms with van der Waals surface area (Å²) in [7, 11) is 0. The van der Waals surface area contributed by atoms with Crippen LogP contribution in [0.1, 0.15) is 23.2 Å². The lowest BCUT2D eigenvalue weighted by molar-refractivity contribution is -0.137. The van der Waals surface area contributed by atoms with Crippen molar-refractivity contribution < 1.29 is 19.1 Å². The fraction of sp³-hybridized carbons (Fsp3) is 0.273. The van der Waals surface area contributed by atoms with Crippen molar-refractivity contribution >= 4 is 27.8 Å². The van der Waals surface area contributed by atoms with Crippen LogP contribution in [-0.2, 0) is 4.79 Å². The smallest absolute Gasteiger partial charge is 0.303 e. The molecule has 0 atom stereocenters. The average Bonchev–Trinajstić information content (AvgIpc) is 2.23. The molecule has 0 unspecified atom stereocenters. The Morgan fingerprint density at radius 3 is 2.71 bits per heavy atom. The fourth-order valence-electron chi connectivity index (χ4n) is 1.21. The maximum absolute atomic E-state index is 12.8. The Labute approximate surface area is 106 Å². The van der Waals surface area contributed by atoms with E-state index in [1.54, 1.807) is 0 Å². The van der Waals surface area contributed by atoms with E-state index < -0.39 is 11.8 Å². The third-order valence-corrected chi connectivity index (χ3v) is 2.68. The second-order valence-corrected chi connectivity index (χ2v) is 4.23. The number of carboxylic acids is 1. The summed E-state index contributed by atoms with van der Waals surface area (Å²) in [4.78, 5) is 21.9. The van der Waals surface area contributed by atoms with Crippen LogP contribution in [-0.4, -0.2) is 23.5 Å². The molecule has 92 valence electrons. The fourth-order valence-corrected chi connectivity index (χ4v) is 1.74. The predicted octanol–water partition coefficient (Wildman–Crippen LogP) is 2.18. The van der Waals surface area contributed by atoms with Gasteiger partial charge in [-0.1, -0.05) is 0 Å². The molecular formula is C11H11BrFNO3. The van der Waals surface area contributed by atoms with Crippen LogP contribution in [0.15, 0.2) is 22.7 Å². The largest absolute Gasteiger partial charge is 0.481 e. The first-order valence-electron chi connectivity index (χ1n) is 4.95. The van der Waals surface area contributed by atoms with Gasteiger partial charge in [0.1, 0.15) is 5.82 Å². The third kappa shape index (κ3) is 4.52. The van der Waals surface area contributed by atoms with Crippen molar-refractivity contribution in [2.24, 2.45) is 0 Å². The quantitative estimate of drug-likeness (QED) is 0.819. The Bertz CT molecular complexity index is 437. The highest BCUT2D eigenvalue weighted by Crippen LogP contribution is 2.17. The summed E-state index contributed by atoms with van der Waals surface area (Å²) in [5, 5.41) is 11.0. The van der Waals surface area contributed by atoms with Gasteiger partial charge in [0, 0.05) is 17.4 Å². The summed E-state index contributed by atoms with van der Waals surface area (Å²) in [5.41, 5.74) is 0.321. The van der Waals surface area contributed by atoms with Gasteiger partial charge in [0.05, 0.1) is 5.56 Å². The maximum atomic E-state index is 12.8. The molecule has 0 heterocycles. The summed E-state index contributed by atoms with van der Waals surface area (Å²) in [5.74, 6) is -1.69. The first kappa shape index (κ1) is 13.6. The highest BCUT2D eigenvalue weighted by atomic mass is 79.9. The van der Waals surface area contributed by atoms with Crippen LogP contribution >= 0.6 is 15.9 Å². The van der Waals surface area contributed by atoms with Gasteiger partial charge in [-0.05, 0) is 40.5 Å². The number of halogens is 2. The van der Waals surface area contributed by atoms with E-state index in [2.05, 4.69) is 21.2 Å².